The molecule has 10 heteroatoms. The summed E-state index contributed by atoms with van der Waals surface area (Å²) in [5.74, 6) is 0.312. The number of hydrogen-bond acceptors (Lipinski definition) is 6. The quantitative estimate of drug-likeness (QED) is 0.418. The number of carbonyl (C=O) groups is 3. The topological polar surface area (TPSA) is 107 Å². The number of guanidine groups is 1. The van der Waals surface area contributed by atoms with Gasteiger partial charge in [0.15, 0.2) is 0 Å². The molecule has 2 fully saturated rings. The number of ether oxygens (including phenoxy) is 1. The second kappa shape index (κ2) is 13.1. The summed E-state index contributed by atoms with van der Waals surface area (Å²) < 4.78 is 5.24. The highest BCUT2D eigenvalue weighted by Gasteiger charge is 2.30. The van der Waals surface area contributed by atoms with Crippen molar-refractivity contribution in [1.82, 2.24) is 15.1 Å². The highest BCUT2D eigenvalue weighted by atomic mass is 16.5. The van der Waals surface area contributed by atoms with E-state index in [4.69, 9.17) is 9.73 Å². The Morgan fingerprint density at radius 1 is 0.974 bits per heavy atom. The minimum absolute atomic E-state index is 0.0171. The van der Waals surface area contributed by atoms with Crippen molar-refractivity contribution in [3.05, 3.63) is 54.1 Å². The molecule has 0 aromatic heterocycles. The number of carbonyl (C=O) groups excluding carboxylic acids is 3. The molecule has 2 aromatic rings. The third-order valence-corrected chi connectivity index (χ3v) is 7.05. The Balaban J connectivity index is 1.55. The van der Waals surface area contributed by atoms with Crippen LogP contribution in [0, 0.1) is 0 Å². The van der Waals surface area contributed by atoms with Crippen LogP contribution in [0.1, 0.15) is 42.5 Å². The number of methoxy groups -OCH3 is 1. The predicted octanol–water partition coefficient (Wildman–Crippen LogP) is 2.96. The smallest absolute Gasteiger partial charge is 0.257 e. The Morgan fingerprint density at radius 3 is 2.28 bits per heavy atom. The molecule has 2 N–H and O–H groups in total. The Bertz CT molecular complexity index is 1170. The van der Waals surface area contributed by atoms with Gasteiger partial charge in [0.05, 0.1) is 13.7 Å². The summed E-state index contributed by atoms with van der Waals surface area (Å²) >= 11 is 0. The van der Waals surface area contributed by atoms with Crippen LogP contribution in [-0.4, -0.2) is 86.9 Å². The van der Waals surface area contributed by atoms with Gasteiger partial charge in [-0.1, -0.05) is 0 Å². The van der Waals surface area contributed by atoms with Crippen LogP contribution >= 0.6 is 0 Å². The lowest BCUT2D eigenvalue weighted by molar-refractivity contribution is -0.140. The normalized spacial score (nSPS) is 18.0. The summed E-state index contributed by atoms with van der Waals surface area (Å²) in [5, 5.41) is 6.01. The molecular weight excluding hydrogens is 496 g/mol. The minimum Gasteiger partial charge on any atom is -0.497 e. The van der Waals surface area contributed by atoms with E-state index in [1.165, 1.54) is 0 Å². The largest absolute Gasteiger partial charge is 0.497 e. The van der Waals surface area contributed by atoms with Crippen LogP contribution in [0.25, 0.3) is 0 Å². The summed E-state index contributed by atoms with van der Waals surface area (Å²) in [6, 6.07) is 13.7. The maximum atomic E-state index is 13.5. The average Bonchev–Trinajstić information content (AvgIpc) is 3.44. The third-order valence-electron chi connectivity index (χ3n) is 7.05. The fourth-order valence-electron chi connectivity index (χ4n) is 4.74. The van der Waals surface area contributed by atoms with Crippen molar-refractivity contribution in [2.75, 3.05) is 57.6 Å². The molecule has 10 nitrogen and oxygen atoms in total. The monoisotopic (exact) mass is 534 g/mol. The number of anilines is 2. The second-order valence-electron chi connectivity index (χ2n) is 10.1. The van der Waals surface area contributed by atoms with Gasteiger partial charge in [0.25, 0.3) is 5.91 Å². The molecule has 1 atom stereocenters. The zero-order chi connectivity index (χ0) is 27.8. The molecule has 2 aliphatic heterocycles. The van der Waals surface area contributed by atoms with E-state index in [2.05, 4.69) is 10.6 Å². The van der Waals surface area contributed by atoms with Crippen molar-refractivity contribution in [2.45, 2.75) is 38.1 Å². The van der Waals surface area contributed by atoms with Gasteiger partial charge in [-0.25, -0.2) is 4.99 Å². The Hall–Kier alpha value is -4.08. The fraction of sp³-hybridized carbons (Fsp3) is 0.448. The molecule has 2 aliphatic rings. The molecule has 4 rings (SSSR count). The van der Waals surface area contributed by atoms with E-state index in [9.17, 15) is 14.4 Å². The Kier molecular flexibility index (Phi) is 9.40. The van der Waals surface area contributed by atoms with Crippen LogP contribution in [0.2, 0.25) is 0 Å². The number of aliphatic imine (C=N–C) groups is 1. The van der Waals surface area contributed by atoms with E-state index in [1.807, 2.05) is 48.2 Å². The molecule has 0 saturated carbocycles. The van der Waals surface area contributed by atoms with Crippen LogP contribution in [0.5, 0.6) is 5.75 Å². The third kappa shape index (κ3) is 7.49. The highest BCUT2D eigenvalue weighted by Crippen LogP contribution is 2.19. The van der Waals surface area contributed by atoms with Crippen molar-refractivity contribution in [3.8, 4) is 5.75 Å². The summed E-state index contributed by atoms with van der Waals surface area (Å²) in [6.45, 7) is 2.09. The van der Waals surface area contributed by atoms with Crippen LogP contribution in [0.15, 0.2) is 53.5 Å². The summed E-state index contributed by atoms with van der Waals surface area (Å²) in [4.78, 5) is 49.6. The molecule has 208 valence electrons. The summed E-state index contributed by atoms with van der Waals surface area (Å²) in [6.07, 6.45) is 4.14. The molecule has 3 amide bonds. The first-order valence-electron chi connectivity index (χ1n) is 13.5. The van der Waals surface area contributed by atoms with E-state index in [0.29, 0.717) is 30.0 Å². The zero-order valence-electron chi connectivity index (χ0n) is 23.0. The first-order chi connectivity index (χ1) is 18.8. The number of rotatable bonds is 7. The number of nitrogens with zero attached hydrogens (tertiary/aromatic N) is 4. The molecule has 0 radical (unpaired) electrons. The molecule has 39 heavy (non-hydrogen) atoms. The van der Waals surface area contributed by atoms with Gasteiger partial charge in [0.2, 0.25) is 17.8 Å². The molecule has 0 bridgehead atoms. The van der Waals surface area contributed by atoms with Gasteiger partial charge in [-0.3, -0.25) is 19.7 Å². The zero-order valence-corrected chi connectivity index (χ0v) is 23.0. The number of likely N-dealkylation sites (tertiary alicyclic amines) is 2. The van der Waals surface area contributed by atoms with Crippen molar-refractivity contribution in [3.63, 3.8) is 0 Å². The maximum Gasteiger partial charge on any atom is 0.257 e. The standard InChI is InChI=1S/C29H38N6O4/c1-33(2)23-13-9-21(10-14-23)27(37)32-29(30-22-11-15-24(39-3)16-12-22)31-25-8-4-5-19-35(28(25)38)20-26(36)34-17-6-7-18-34/h9-16,25H,4-8,17-20H2,1-3H3,(H2,30,31,32,37). The Labute approximate surface area is 230 Å². The minimum atomic E-state index is -0.712. The van der Waals surface area contributed by atoms with Crippen LogP contribution in [0.3, 0.4) is 0 Å². The van der Waals surface area contributed by atoms with Gasteiger partial charge >= 0.3 is 0 Å². The second-order valence-corrected chi connectivity index (χ2v) is 10.1. The van der Waals surface area contributed by atoms with Gasteiger partial charge in [-0.2, -0.15) is 0 Å². The summed E-state index contributed by atoms with van der Waals surface area (Å²) in [5.41, 5.74) is 2.12. The lowest BCUT2D eigenvalue weighted by atomic mass is 10.1. The van der Waals surface area contributed by atoms with E-state index < -0.39 is 6.04 Å². The van der Waals surface area contributed by atoms with Crippen LogP contribution in [0.4, 0.5) is 11.4 Å². The maximum absolute atomic E-state index is 13.5. The van der Waals surface area contributed by atoms with Gasteiger partial charge in [0, 0.05) is 50.7 Å². The van der Waals surface area contributed by atoms with E-state index in [1.54, 1.807) is 36.3 Å². The molecule has 2 aromatic carbocycles. The molecule has 2 saturated heterocycles. The van der Waals surface area contributed by atoms with Gasteiger partial charge in [0.1, 0.15) is 11.8 Å². The van der Waals surface area contributed by atoms with E-state index >= 15 is 0 Å². The van der Waals surface area contributed by atoms with Crippen LogP contribution < -0.4 is 20.3 Å². The SMILES string of the molecule is COc1ccc(NC(=NC2CCCCN(CC(=O)N3CCCC3)C2=O)NC(=O)c2ccc(N(C)C)cc2)cc1. The van der Waals surface area contributed by atoms with E-state index in [-0.39, 0.29) is 30.2 Å². The predicted molar refractivity (Wildman–Crippen MR) is 152 cm³/mol. The van der Waals surface area contributed by atoms with Gasteiger partial charge < -0.3 is 24.8 Å². The molecular formula is C29H38N6O4. The number of nitrogens with one attached hydrogen (secondary N) is 2. The average molecular weight is 535 g/mol. The number of benzene rings is 2. The van der Waals surface area contributed by atoms with Crippen LogP contribution in [-0.2, 0) is 9.59 Å². The first kappa shape index (κ1) is 27.9. The number of hydrogen-bond donors (Lipinski definition) is 2. The van der Waals surface area contributed by atoms with E-state index in [0.717, 1.165) is 44.5 Å². The lowest BCUT2D eigenvalue weighted by Gasteiger charge is -2.25. The number of amides is 3. The molecule has 0 aliphatic carbocycles. The fourth-order valence-corrected chi connectivity index (χ4v) is 4.74. The van der Waals surface area contributed by atoms with Crippen molar-refractivity contribution < 1.29 is 19.1 Å². The molecule has 1 unspecified atom stereocenters. The van der Waals surface area contributed by atoms with Gasteiger partial charge in [-0.15, -0.1) is 0 Å². The van der Waals surface area contributed by atoms with Crippen molar-refractivity contribution in [1.29, 1.82) is 0 Å². The van der Waals surface area contributed by atoms with Crippen molar-refractivity contribution >= 4 is 35.1 Å². The molecule has 0 spiro atoms. The van der Waals surface area contributed by atoms with Crippen molar-refractivity contribution in [2.24, 2.45) is 4.99 Å². The Morgan fingerprint density at radius 2 is 1.64 bits per heavy atom. The lowest BCUT2D eigenvalue weighted by Crippen LogP contribution is -2.45. The first-order valence-corrected chi connectivity index (χ1v) is 13.5. The van der Waals surface area contributed by atoms with Gasteiger partial charge in [-0.05, 0) is 80.6 Å². The summed E-state index contributed by atoms with van der Waals surface area (Å²) in [7, 11) is 5.46. The molecule has 2 heterocycles. The highest BCUT2D eigenvalue weighted by molar-refractivity contribution is 6.10.